The normalized spacial score (nSPS) is 0. The summed E-state index contributed by atoms with van der Waals surface area (Å²) in [6.07, 6.45) is 0. The van der Waals surface area contributed by atoms with Crippen molar-refractivity contribution < 1.29 is 33.5 Å². The Morgan fingerprint density at radius 3 is 0.667 bits per heavy atom. The molecule has 0 amide bonds. The third kappa shape index (κ3) is 26.0. The molecule has 0 rings (SSSR count). The van der Waals surface area contributed by atoms with E-state index in [2.05, 4.69) is 0 Å². The van der Waals surface area contributed by atoms with Crippen molar-refractivity contribution in [3.05, 3.63) is 0 Å². The summed E-state index contributed by atoms with van der Waals surface area (Å²) in [4.78, 5) is 0. The summed E-state index contributed by atoms with van der Waals surface area (Å²) in [7, 11) is 0. The Morgan fingerprint density at radius 1 is 0.667 bits per heavy atom. The third-order valence-corrected chi connectivity index (χ3v) is 0. The summed E-state index contributed by atoms with van der Waals surface area (Å²) < 4.78 is 0. The van der Waals surface area contributed by atoms with Crippen molar-refractivity contribution in [3.8, 4) is 0 Å². The monoisotopic (exact) mass is 330 g/mol. The molecule has 0 bridgehead atoms. The Balaban J connectivity index is 0. The Kier molecular flexibility index (Phi) is 372. The maximum absolute atomic E-state index is 0. The van der Waals surface area contributed by atoms with Gasteiger partial charge in [-0.15, -0.1) is 0 Å². The summed E-state index contributed by atoms with van der Waals surface area (Å²) in [5.74, 6) is 0. The Bertz CT molecular complexity index is 10.8. The van der Waals surface area contributed by atoms with Crippen LogP contribution in [-0.4, -0.2) is 94.4 Å². The van der Waals surface area contributed by atoms with E-state index in [9.17, 15) is 0 Å². The van der Waals surface area contributed by atoms with Gasteiger partial charge in [0.05, 0.1) is 0 Å². The van der Waals surface area contributed by atoms with Crippen LogP contribution >= 0.6 is 0 Å². The standard InChI is InChI=1S/Ba.Fe.3O.Sr/q2*+2;3*-2;+2. The van der Waals surface area contributed by atoms with Crippen LogP contribution in [0.5, 0.6) is 0 Å². The van der Waals surface area contributed by atoms with Gasteiger partial charge in [0, 0.05) is 0 Å². The van der Waals surface area contributed by atoms with Crippen molar-refractivity contribution in [2.75, 3.05) is 0 Å². The largest absolute Gasteiger partial charge is 2.00 e. The first-order valence-electron chi connectivity index (χ1n) is 0. The van der Waals surface area contributed by atoms with Gasteiger partial charge in [-0.25, -0.2) is 0 Å². The molecule has 3 nitrogen and oxygen atoms in total. The van der Waals surface area contributed by atoms with Gasteiger partial charge in [0.25, 0.3) is 0 Å². The second kappa shape index (κ2) is 39.4. The van der Waals surface area contributed by atoms with E-state index in [1.165, 1.54) is 0 Å². The van der Waals surface area contributed by atoms with E-state index in [0.29, 0.717) is 0 Å². The van der Waals surface area contributed by atoms with Gasteiger partial charge in [0.1, 0.15) is 0 Å². The molecule has 0 atom stereocenters. The molecule has 0 aromatic heterocycles. The van der Waals surface area contributed by atoms with Crippen molar-refractivity contribution in [3.63, 3.8) is 0 Å². The summed E-state index contributed by atoms with van der Waals surface area (Å²) in [5.41, 5.74) is 0. The van der Waals surface area contributed by atoms with E-state index in [-0.39, 0.29) is 128 Å². The molecule has 0 spiro atoms. The molecule has 6 heavy (non-hydrogen) atoms. The first-order valence-corrected chi connectivity index (χ1v) is 0. The minimum atomic E-state index is 0. The first kappa shape index (κ1) is 56.7. The van der Waals surface area contributed by atoms with Gasteiger partial charge in [-0.05, 0) is 0 Å². The van der Waals surface area contributed by atoms with Gasteiger partial charge in [-0.1, -0.05) is 0 Å². The zero-order valence-electron chi connectivity index (χ0n) is 2.99. The van der Waals surface area contributed by atoms with Crippen LogP contribution in [-0.2, 0) is 33.5 Å². The summed E-state index contributed by atoms with van der Waals surface area (Å²) in [6, 6.07) is 0. The van der Waals surface area contributed by atoms with Crippen LogP contribution in [0.25, 0.3) is 0 Å². The Morgan fingerprint density at radius 2 is 0.667 bits per heavy atom. The molecule has 0 saturated carbocycles. The topological polar surface area (TPSA) is 85.5 Å². The molecule has 0 radical (unpaired) electrons. The average Bonchev–Trinajstić information content (AvgIpc) is 0. The van der Waals surface area contributed by atoms with Crippen molar-refractivity contribution in [2.45, 2.75) is 0 Å². The zero-order chi connectivity index (χ0) is 0. The van der Waals surface area contributed by atoms with E-state index >= 15 is 0 Å². The predicted octanol–water partition coefficient (Wildman–Crippen LogP) is -1.12. The van der Waals surface area contributed by atoms with Gasteiger partial charge in [0.15, 0.2) is 0 Å². The average molecular weight is 329 g/mol. The zero-order valence-corrected chi connectivity index (χ0v) is 12.0. The Hall–Kier alpha value is 3.45. The molecule has 0 aliphatic rings. The van der Waals surface area contributed by atoms with Gasteiger partial charge >= 0.3 is 111 Å². The molecule has 0 aromatic carbocycles. The van der Waals surface area contributed by atoms with E-state index in [1.807, 2.05) is 0 Å². The van der Waals surface area contributed by atoms with Gasteiger partial charge in [-0.3, -0.25) is 0 Å². The summed E-state index contributed by atoms with van der Waals surface area (Å²) in [6.45, 7) is 0. The van der Waals surface area contributed by atoms with Gasteiger partial charge in [0.2, 0.25) is 0 Å². The minimum Gasteiger partial charge on any atom is -2.00 e. The van der Waals surface area contributed by atoms with Crippen molar-refractivity contribution in [1.29, 1.82) is 0 Å². The van der Waals surface area contributed by atoms with E-state index in [4.69, 9.17) is 0 Å². The van der Waals surface area contributed by atoms with Crippen LogP contribution in [0.2, 0.25) is 0 Å². The fourth-order valence-electron chi connectivity index (χ4n) is 0. The first-order chi connectivity index (χ1) is 0. The molecular formula is BaFeO3Sr. The molecule has 0 saturated heterocycles. The van der Waals surface area contributed by atoms with Crippen LogP contribution in [0.1, 0.15) is 0 Å². The molecule has 0 fully saturated rings. The SMILES string of the molecule is [Ba+2].[Fe+2].[O-2].[O-2].[O-2].[Sr+2]. The summed E-state index contributed by atoms with van der Waals surface area (Å²) in [5, 5.41) is 0. The van der Waals surface area contributed by atoms with Crippen molar-refractivity contribution >= 4 is 94.4 Å². The molecule has 0 aromatic rings. The predicted molar refractivity (Wildman–Crippen MR) is 13.6 cm³/mol. The van der Waals surface area contributed by atoms with Crippen molar-refractivity contribution in [2.24, 2.45) is 0 Å². The maximum Gasteiger partial charge on any atom is 2.00 e. The molecular weight excluding hydrogens is 329 g/mol. The van der Waals surface area contributed by atoms with Crippen LogP contribution in [0.3, 0.4) is 0 Å². The summed E-state index contributed by atoms with van der Waals surface area (Å²) >= 11 is 0. The molecule has 30 valence electrons. The van der Waals surface area contributed by atoms with Crippen LogP contribution in [0, 0.1) is 0 Å². The smallest absolute Gasteiger partial charge is 2.00 e. The van der Waals surface area contributed by atoms with Gasteiger partial charge in [-0.2, -0.15) is 0 Å². The molecule has 0 aliphatic heterocycles. The van der Waals surface area contributed by atoms with E-state index < -0.39 is 0 Å². The number of hydrogen-bond acceptors (Lipinski definition) is 0. The molecule has 0 unspecified atom stereocenters. The molecule has 6 heteroatoms. The van der Waals surface area contributed by atoms with Crippen molar-refractivity contribution in [1.82, 2.24) is 0 Å². The second-order valence-electron chi connectivity index (χ2n) is 0. The fraction of sp³-hybridized carbons (Fsp3) is 0. The molecule has 0 N–H and O–H groups in total. The second-order valence-corrected chi connectivity index (χ2v) is 0. The van der Waals surface area contributed by atoms with E-state index in [0.717, 1.165) is 0 Å². The van der Waals surface area contributed by atoms with E-state index in [1.54, 1.807) is 0 Å². The number of rotatable bonds is 0. The minimum absolute atomic E-state index is 0. The quantitative estimate of drug-likeness (QED) is 0.505. The Labute approximate surface area is 124 Å². The third-order valence-electron chi connectivity index (χ3n) is 0. The van der Waals surface area contributed by atoms with Crippen LogP contribution < -0.4 is 0 Å². The maximum atomic E-state index is 0. The fourth-order valence-corrected chi connectivity index (χ4v) is 0. The molecule has 0 heterocycles. The number of hydrogen-bond donors (Lipinski definition) is 0. The van der Waals surface area contributed by atoms with Gasteiger partial charge < -0.3 is 16.4 Å². The van der Waals surface area contributed by atoms with Crippen LogP contribution in [0.4, 0.5) is 0 Å². The molecule has 0 aliphatic carbocycles. The van der Waals surface area contributed by atoms with Crippen LogP contribution in [0.15, 0.2) is 0 Å².